The third-order valence-corrected chi connectivity index (χ3v) is 6.32. The maximum absolute atomic E-state index is 13.6. The van der Waals surface area contributed by atoms with Crippen LogP contribution in [-0.2, 0) is 0 Å². The van der Waals surface area contributed by atoms with Crippen LogP contribution in [0.3, 0.4) is 0 Å². The van der Waals surface area contributed by atoms with Crippen LogP contribution >= 0.6 is 0 Å². The number of hydrogen-bond acceptors (Lipinski definition) is 3. The minimum atomic E-state index is -0.512. The zero-order valence-electron chi connectivity index (χ0n) is 17.5. The molecule has 7 heteroatoms. The van der Waals surface area contributed by atoms with E-state index < -0.39 is 11.7 Å². The van der Waals surface area contributed by atoms with Gasteiger partial charge >= 0.3 is 0 Å². The Bertz CT molecular complexity index is 1250. The first-order chi connectivity index (χ1) is 15.5. The Balaban J connectivity index is 1.13. The molecule has 5 rings (SSSR count). The van der Waals surface area contributed by atoms with Crippen LogP contribution < -0.4 is 0 Å². The number of halogens is 2. The smallest absolute Gasteiger partial charge is 0.261 e. The topological polar surface area (TPSA) is 56.4 Å². The van der Waals surface area contributed by atoms with Gasteiger partial charge in [-0.1, -0.05) is 6.08 Å². The maximum atomic E-state index is 13.6. The molecule has 3 heterocycles. The molecule has 1 aromatic heterocycles. The first kappa shape index (κ1) is 20.6. The van der Waals surface area contributed by atoms with Crippen molar-refractivity contribution in [2.75, 3.05) is 26.2 Å². The van der Waals surface area contributed by atoms with Gasteiger partial charge in [0.1, 0.15) is 11.6 Å². The Morgan fingerprint density at radius 1 is 0.875 bits per heavy atom. The zero-order chi connectivity index (χ0) is 22.2. The summed E-state index contributed by atoms with van der Waals surface area (Å²) in [4.78, 5) is 31.6. The number of hydrogen-bond donors (Lipinski definition) is 1. The monoisotopic (exact) mass is 435 g/mol. The van der Waals surface area contributed by atoms with Crippen molar-refractivity contribution in [1.82, 2.24) is 14.8 Å². The fraction of sp³-hybridized carbons (Fsp3) is 0.280. The van der Waals surface area contributed by atoms with Crippen molar-refractivity contribution in [3.8, 4) is 0 Å². The van der Waals surface area contributed by atoms with Gasteiger partial charge in [-0.05, 0) is 67.8 Å². The number of rotatable bonds is 6. The summed E-state index contributed by atoms with van der Waals surface area (Å²) >= 11 is 0. The summed E-state index contributed by atoms with van der Waals surface area (Å²) in [5.74, 6) is -1.50. The van der Waals surface area contributed by atoms with Crippen LogP contribution in [-0.4, -0.2) is 52.8 Å². The van der Waals surface area contributed by atoms with E-state index >= 15 is 0 Å². The van der Waals surface area contributed by atoms with Crippen molar-refractivity contribution in [3.63, 3.8) is 0 Å². The zero-order valence-corrected chi connectivity index (χ0v) is 17.5. The minimum absolute atomic E-state index is 0.154. The summed E-state index contributed by atoms with van der Waals surface area (Å²) in [5, 5.41) is 0.908. The number of benzene rings is 2. The summed E-state index contributed by atoms with van der Waals surface area (Å²) in [6.07, 6.45) is 6.56. The summed E-state index contributed by atoms with van der Waals surface area (Å²) < 4.78 is 27.1. The van der Waals surface area contributed by atoms with Gasteiger partial charge in [0.25, 0.3) is 11.8 Å². The van der Waals surface area contributed by atoms with Crippen LogP contribution in [0.25, 0.3) is 16.5 Å². The number of imide groups is 1. The predicted molar refractivity (Wildman–Crippen MR) is 118 cm³/mol. The van der Waals surface area contributed by atoms with Gasteiger partial charge in [-0.2, -0.15) is 0 Å². The molecular formula is C25H23F2N3O2. The normalized spacial score (nSPS) is 16.7. The van der Waals surface area contributed by atoms with Crippen LogP contribution in [0.4, 0.5) is 8.78 Å². The van der Waals surface area contributed by atoms with Gasteiger partial charge in [0.2, 0.25) is 0 Å². The number of carbonyl (C=O) groups is 2. The third kappa shape index (κ3) is 3.73. The van der Waals surface area contributed by atoms with Crippen LogP contribution in [0.1, 0.15) is 45.5 Å². The predicted octanol–water partition coefficient (Wildman–Crippen LogP) is 4.61. The molecule has 0 radical (unpaired) electrons. The number of aromatic nitrogens is 1. The van der Waals surface area contributed by atoms with Gasteiger partial charge in [-0.3, -0.25) is 19.4 Å². The molecule has 32 heavy (non-hydrogen) atoms. The van der Waals surface area contributed by atoms with Crippen LogP contribution in [0, 0.1) is 11.6 Å². The highest BCUT2D eigenvalue weighted by Crippen LogP contribution is 2.30. The first-order valence-corrected chi connectivity index (χ1v) is 10.9. The molecule has 0 aliphatic carbocycles. The number of amides is 2. The van der Waals surface area contributed by atoms with Crippen LogP contribution in [0.5, 0.6) is 0 Å². The van der Waals surface area contributed by atoms with E-state index in [1.807, 2.05) is 6.20 Å². The number of H-pyrrole nitrogens is 1. The molecule has 164 valence electrons. The van der Waals surface area contributed by atoms with Crippen molar-refractivity contribution in [1.29, 1.82) is 0 Å². The Morgan fingerprint density at radius 2 is 1.62 bits per heavy atom. The van der Waals surface area contributed by atoms with Crippen molar-refractivity contribution in [2.45, 2.75) is 19.3 Å². The van der Waals surface area contributed by atoms with E-state index in [4.69, 9.17) is 0 Å². The second kappa shape index (κ2) is 8.31. The lowest BCUT2D eigenvalue weighted by Gasteiger charge is -2.26. The Hall–Kier alpha value is -3.32. The van der Waals surface area contributed by atoms with Gasteiger partial charge < -0.3 is 4.98 Å². The molecule has 0 unspecified atom stereocenters. The number of fused-ring (bicyclic) bond motifs is 2. The van der Waals surface area contributed by atoms with Gasteiger partial charge in [-0.25, -0.2) is 8.78 Å². The first-order valence-electron chi connectivity index (χ1n) is 10.9. The Morgan fingerprint density at radius 3 is 2.44 bits per heavy atom. The van der Waals surface area contributed by atoms with E-state index in [1.165, 1.54) is 28.7 Å². The van der Waals surface area contributed by atoms with E-state index in [2.05, 4.69) is 16.0 Å². The lowest BCUT2D eigenvalue weighted by atomic mass is 9.98. The molecule has 3 aromatic rings. The fourth-order valence-corrected chi connectivity index (χ4v) is 4.59. The molecular weight excluding hydrogens is 412 g/mol. The summed E-state index contributed by atoms with van der Waals surface area (Å²) in [6.45, 7) is 2.91. The molecule has 0 bridgehead atoms. The molecule has 0 saturated heterocycles. The van der Waals surface area contributed by atoms with Crippen LogP contribution in [0.2, 0.25) is 0 Å². The molecule has 5 nitrogen and oxygen atoms in total. The second-order valence-corrected chi connectivity index (χ2v) is 8.33. The quantitative estimate of drug-likeness (QED) is 0.454. The number of nitrogens with one attached hydrogen (secondary N) is 1. The van der Waals surface area contributed by atoms with Gasteiger partial charge in [0.15, 0.2) is 0 Å². The van der Waals surface area contributed by atoms with E-state index in [1.54, 1.807) is 12.1 Å². The Kier molecular flexibility index (Phi) is 5.35. The number of carbonyl (C=O) groups excluding carboxylic acids is 2. The van der Waals surface area contributed by atoms with E-state index in [-0.39, 0.29) is 22.9 Å². The molecule has 0 atom stereocenters. The molecule has 0 spiro atoms. The standard InChI is InChI=1S/C25H23F2N3O2/c26-17-3-5-19-21(14-17)25(32)30(24(19)31)10-2-1-9-29-11-7-16(8-12-29)22-15-28-23-6-4-18(27)13-20(22)23/h3-7,13-15,28H,1-2,8-12H2. The SMILES string of the molecule is O=C1c2ccc(F)cc2C(=O)N1CCCCN1CC=C(c2c[nH]c3ccc(F)cc23)CC1. The summed E-state index contributed by atoms with van der Waals surface area (Å²) in [5.41, 5.74) is 3.64. The molecule has 2 aromatic carbocycles. The van der Waals surface area contributed by atoms with E-state index in [0.717, 1.165) is 55.0 Å². The van der Waals surface area contributed by atoms with Crippen LogP contribution in [0.15, 0.2) is 48.7 Å². The van der Waals surface area contributed by atoms with Gasteiger partial charge in [-0.15, -0.1) is 0 Å². The fourth-order valence-electron chi connectivity index (χ4n) is 4.59. The average Bonchev–Trinajstić information content (AvgIpc) is 3.31. The highest BCUT2D eigenvalue weighted by Gasteiger charge is 2.35. The number of aromatic amines is 1. The number of nitrogens with zero attached hydrogens (tertiary/aromatic N) is 2. The van der Waals surface area contributed by atoms with Crippen molar-refractivity contribution in [2.24, 2.45) is 0 Å². The largest absolute Gasteiger partial charge is 0.361 e. The van der Waals surface area contributed by atoms with Crippen molar-refractivity contribution < 1.29 is 18.4 Å². The molecule has 2 aliphatic rings. The summed E-state index contributed by atoms with van der Waals surface area (Å²) in [6, 6.07) is 8.51. The van der Waals surface area contributed by atoms with Crippen molar-refractivity contribution >= 4 is 28.3 Å². The highest BCUT2D eigenvalue weighted by molar-refractivity contribution is 6.21. The minimum Gasteiger partial charge on any atom is -0.361 e. The molecule has 0 saturated carbocycles. The molecule has 2 amide bonds. The number of unbranched alkanes of at least 4 members (excludes halogenated alkanes) is 1. The van der Waals surface area contributed by atoms with E-state index in [0.29, 0.717) is 13.0 Å². The lowest BCUT2D eigenvalue weighted by Crippen LogP contribution is -2.32. The third-order valence-electron chi connectivity index (χ3n) is 6.32. The van der Waals surface area contributed by atoms with E-state index in [9.17, 15) is 18.4 Å². The maximum Gasteiger partial charge on any atom is 0.261 e. The lowest BCUT2D eigenvalue weighted by molar-refractivity contribution is 0.0650. The van der Waals surface area contributed by atoms with Crippen molar-refractivity contribution in [3.05, 3.63) is 77.0 Å². The second-order valence-electron chi connectivity index (χ2n) is 8.33. The van der Waals surface area contributed by atoms with Gasteiger partial charge in [0, 0.05) is 42.3 Å². The highest BCUT2D eigenvalue weighted by atomic mass is 19.1. The Labute approximate surface area is 184 Å². The average molecular weight is 435 g/mol. The molecule has 1 N–H and O–H groups in total. The summed E-state index contributed by atoms with van der Waals surface area (Å²) in [7, 11) is 0. The molecule has 2 aliphatic heterocycles. The molecule has 0 fully saturated rings. The van der Waals surface area contributed by atoms with Gasteiger partial charge in [0.05, 0.1) is 11.1 Å².